The van der Waals surface area contributed by atoms with Crippen molar-refractivity contribution in [2.45, 2.75) is 13.0 Å². The minimum atomic E-state index is -0.779. The van der Waals surface area contributed by atoms with Crippen LogP contribution in [0.1, 0.15) is 21.5 Å². The Bertz CT molecular complexity index is 734. The molecular weight excluding hydrogens is 269 g/mol. The summed E-state index contributed by atoms with van der Waals surface area (Å²) in [7, 11) is 0. The van der Waals surface area contributed by atoms with Crippen LogP contribution in [0.25, 0.3) is 0 Å². The summed E-state index contributed by atoms with van der Waals surface area (Å²) in [5.41, 5.74) is 1.56. The minimum Gasteiger partial charge on any atom is -0.489 e. The van der Waals surface area contributed by atoms with Crippen LogP contribution in [0.2, 0.25) is 0 Å². The van der Waals surface area contributed by atoms with Gasteiger partial charge >= 0.3 is 0 Å². The molecule has 0 amide bonds. The van der Waals surface area contributed by atoms with Gasteiger partial charge in [-0.2, -0.15) is 5.26 Å². The summed E-state index contributed by atoms with van der Waals surface area (Å²) < 4.78 is 19.6. The summed E-state index contributed by atoms with van der Waals surface area (Å²) >= 11 is 0. The van der Waals surface area contributed by atoms with E-state index in [9.17, 15) is 9.18 Å². The van der Waals surface area contributed by atoms with E-state index in [2.05, 4.69) is 0 Å². The maximum absolute atomic E-state index is 14.0. The zero-order valence-corrected chi connectivity index (χ0v) is 11.2. The van der Waals surface area contributed by atoms with Crippen molar-refractivity contribution in [1.82, 2.24) is 0 Å². The first kappa shape index (κ1) is 13.3. The lowest BCUT2D eigenvalue weighted by atomic mass is 10.1. The Hall–Kier alpha value is -2.67. The first-order valence-corrected chi connectivity index (χ1v) is 6.62. The van der Waals surface area contributed by atoms with Gasteiger partial charge in [-0.05, 0) is 23.6 Å². The Morgan fingerprint density at radius 1 is 1.29 bits per heavy atom. The third-order valence-corrected chi connectivity index (χ3v) is 3.54. The van der Waals surface area contributed by atoms with E-state index in [1.807, 2.05) is 36.4 Å². The second kappa shape index (κ2) is 5.37. The van der Waals surface area contributed by atoms with Gasteiger partial charge in [-0.1, -0.05) is 30.3 Å². The van der Waals surface area contributed by atoms with Crippen molar-refractivity contribution in [3.63, 3.8) is 0 Å². The quantitative estimate of drug-likeness (QED) is 0.867. The van der Waals surface area contributed by atoms with Crippen LogP contribution in [-0.2, 0) is 13.0 Å². The lowest BCUT2D eigenvalue weighted by Crippen LogP contribution is -2.06. The third-order valence-electron chi connectivity index (χ3n) is 3.54. The maximum Gasteiger partial charge on any atom is 0.183 e. The second-order valence-electron chi connectivity index (χ2n) is 4.96. The standard InChI is InChI=1S/C17H12FNO2/c18-15-8-14(21-10-11-4-2-1-3-5-11)7-12-6-13(9-19)17(20)16(12)15/h1-5,7-8,13H,6,10H2. The largest absolute Gasteiger partial charge is 0.489 e. The zero-order valence-electron chi connectivity index (χ0n) is 11.2. The number of nitrogens with zero attached hydrogens (tertiary/aromatic N) is 1. The Labute approximate surface area is 121 Å². The molecule has 0 saturated carbocycles. The average molecular weight is 281 g/mol. The van der Waals surface area contributed by atoms with E-state index in [1.54, 1.807) is 6.07 Å². The van der Waals surface area contributed by atoms with Gasteiger partial charge in [-0.3, -0.25) is 4.79 Å². The molecule has 104 valence electrons. The van der Waals surface area contributed by atoms with Crippen LogP contribution in [0.4, 0.5) is 4.39 Å². The molecule has 21 heavy (non-hydrogen) atoms. The fourth-order valence-corrected chi connectivity index (χ4v) is 2.49. The molecule has 1 atom stereocenters. The van der Waals surface area contributed by atoms with Crippen LogP contribution in [0.15, 0.2) is 42.5 Å². The van der Waals surface area contributed by atoms with E-state index in [4.69, 9.17) is 10.00 Å². The highest BCUT2D eigenvalue weighted by molar-refractivity contribution is 6.04. The smallest absolute Gasteiger partial charge is 0.183 e. The van der Waals surface area contributed by atoms with Crippen LogP contribution < -0.4 is 4.74 Å². The number of carbonyl (C=O) groups excluding carboxylic acids is 1. The van der Waals surface area contributed by atoms with Crippen LogP contribution in [0.3, 0.4) is 0 Å². The summed E-state index contributed by atoms with van der Waals surface area (Å²) in [5.74, 6) is -1.45. The number of hydrogen-bond acceptors (Lipinski definition) is 3. The molecular formula is C17H12FNO2. The molecule has 2 aromatic carbocycles. The molecule has 2 aromatic rings. The summed E-state index contributed by atoms with van der Waals surface area (Å²) in [6.07, 6.45) is 0.254. The highest BCUT2D eigenvalue weighted by Crippen LogP contribution is 2.32. The topological polar surface area (TPSA) is 50.1 Å². The van der Waals surface area contributed by atoms with Crippen molar-refractivity contribution in [1.29, 1.82) is 5.26 Å². The number of benzene rings is 2. The molecule has 0 aromatic heterocycles. The van der Waals surface area contributed by atoms with E-state index in [0.717, 1.165) is 5.56 Å². The van der Waals surface area contributed by atoms with Gasteiger partial charge in [0.15, 0.2) is 5.78 Å². The van der Waals surface area contributed by atoms with Crippen LogP contribution in [0, 0.1) is 23.1 Å². The summed E-state index contributed by atoms with van der Waals surface area (Å²) in [6, 6.07) is 14.3. The highest BCUT2D eigenvalue weighted by Gasteiger charge is 2.33. The number of halogens is 1. The molecule has 0 bridgehead atoms. The van der Waals surface area contributed by atoms with Crippen LogP contribution in [-0.4, -0.2) is 5.78 Å². The predicted molar refractivity (Wildman–Crippen MR) is 74.3 cm³/mol. The number of ketones is 1. The summed E-state index contributed by atoms with van der Waals surface area (Å²) in [4.78, 5) is 11.8. The first-order chi connectivity index (χ1) is 10.2. The van der Waals surface area contributed by atoms with Crippen molar-refractivity contribution in [3.05, 3.63) is 65.0 Å². The molecule has 0 fully saturated rings. The van der Waals surface area contributed by atoms with Gasteiger partial charge in [0.2, 0.25) is 0 Å². The number of Topliss-reactive ketones (excluding diaryl/α,β-unsaturated/α-hetero) is 1. The Morgan fingerprint density at radius 2 is 2.05 bits per heavy atom. The number of hydrogen-bond donors (Lipinski definition) is 0. The molecule has 3 nitrogen and oxygen atoms in total. The molecule has 4 heteroatoms. The normalized spacial score (nSPS) is 16.4. The van der Waals surface area contributed by atoms with Crippen molar-refractivity contribution in [2.75, 3.05) is 0 Å². The Kier molecular flexibility index (Phi) is 3.41. The highest BCUT2D eigenvalue weighted by atomic mass is 19.1. The monoisotopic (exact) mass is 281 g/mol. The number of fused-ring (bicyclic) bond motifs is 1. The number of nitriles is 1. The molecule has 0 saturated heterocycles. The SMILES string of the molecule is N#CC1Cc2cc(OCc3ccccc3)cc(F)c2C1=O. The maximum atomic E-state index is 14.0. The third kappa shape index (κ3) is 2.50. The summed E-state index contributed by atoms with van der Waals surface area (Å²) in [6.45, 7) is 0.328. The van der Waals surface area contributed by atoms with Crippen molar-refractivity contribution >= 4 is 5.78 Å². The van der Waals surface area contributed by atoms with Gasteiger partial charge in [-0.25, -0.2) is 4.39 Å². The van der Waals surface area contributed by atoms with Crippen LogP contribution >= 0.6 is 0 Å². The fourth-order valence-electron chi connectivity index (χ4n) is 2.49. The number of ether oxygens (including phenoxy) is 1. The summed E-state index contributed by atoms with van der Waals surface area (Å²) in [5, 5.41) is 8.90. The molecule has 1 unspecified atom stereocenters. The van der Waals surface area contributed by atoms with Crippen molar-refractivity contribution < 1.29 is 13.9 Å². The van der Waals surface area contributed by atoms with E-state index in [-0.39, 0.29) is 12.0 Å². The zero-order chi connectivity index (χ0) is 14.8. The van der Waals surface area contributed by atoms with Crippen molar-refractivity contribution in [2.24, 2.45) is 5.92 Å². The fraction of sp³-hybridized carbons (Fsp3) is 0.176. The van der Waals surface area contributed by atoms with Crippen molar-refractivity contribution in [3.8, 4) is 11.8 Å². The van der Waals surface area contributed by atoms with Gasteiger partial charge in [0.05, 0.1) is 11.6 Å². The molecule has 0 aliphatic heterocycles. The van der Waals surface area contributed by atoms with E-state index in [0.29, 0.717) is 17.9 Å². The predicted octanol–water partition coefficient (Wildman–Crippen LogP) is 3.28. The molecule has 0 N–H and O–H groups in total. The second-order valence-corrected chi connectivity index (χ2v) is 4.96. The van der Waals surface area contributed by atoms with E-state index >= 15 is 0 Å². The Morgan fingerprint density at radius 3 is 2.76 bits per heavy atom. The lowest BCUT2D eigenvalue weighted by Gasteiger charge is -2.08. The average Bonchev–Trinajstić information content (AvgIpc) is 2.83. The van der Waals surface area contributed by atoms with E-state index < -0.39 is 17.5 Å². The molecule has 0 heterocycles. The van der Waals surface area contributed by atoms with Gasteiger partial charge in [0.25, 0.3) is 0 Å². The van der Waals surface area contributed by atoms with Gasteiger partial charge in [0.1, 0.15) is 24.1 Å². The molecule has 1 aliphatic rings. The van der Waals surface area contributed by atoms with Gasteiger partial charge in [-0.15, -0.1) is 0 Å². The molecule has 1 aliphatic carbocycles. The van der Waals surface area contributed by atoms with Gasteiger partial charge < -0.3 is 4.74 Å². The van der Waals surface area contributed by atoms with Crippen LogP contribution in [0.5, 0.6) is 5.75 Å². The van der Waals surface area contributed by atoms with E-state index in [1.165, 1.54) is 6.07 Å². The molecule has 3 rings (SSSR count). The minimum absolute atomic E-state index is 0.0358. The molecule has 0 spiro atoms. The Balaban J connectivity index is 1.82. The number of rotatable bonds is 3. The van der Waals surface area contributed by atoms with Gasteiger partial charge in [0, 0.05) is 6.07 Å². The number of carbonyl (C=O) groups is 1. The molecule has 0 radical (unpaired) electrons. The first-order valence-electron chi connectivity index (χ1n) is 6.62. The lowest BCUT2D eigenvalue weighted by molar-refractivity contribution is 0.0960.